The summed E-state index contributed by atoms with van der Waals surface area (Å²) in [5.74, 6) is 0.894. The van der Waals surface area contributed by atoms with Crippen molar-refractivity contribution in [2.45, 2.75) is 26.1 Å². The number of fused-ring (bicyclic) bond motifs is 1. The zero-order chi connectivity index (χ0) is 26.0. The summed E-state index contributed by atoms with van der Waals surface area (Å²) in [7, 11) is -1.93. The van der Waals surface area contributed by atoms with Gasteiger partial charge in [-0.1, -0.05) is 18.2 Å². The normalized spacial score (nSPS) is 16.7. The molecule has 0 spiro atoms. The van der Waals surface area contributed by atoms with E-state index in [2.05, 4.69) is 56.7 Å². The van der Waals surface area contributed by atoms with Crippen LogP contribution in [0.5, 0.6) is 0 Å². The molecular formula is C26H32N8O2S. The third kappa shape index (κ3) is 5.90. The van der Waals surface area contributed by atoms with Gasteiger partial charge in [-0.2, -0.15) is 4.98 Å². The Balaban J connectivity index is 1.32. The van der Waals surface area contributed by atoms with Gasteiger partial charge >= 0.3 is 0 Å². The van der Waals surface area contributed by atoms with Crippen LogP contribution in [0.4, 0.5) is 17.5 Å². The Morgan fingerprint density at radius 3 is 2.70 bits per heavy atom. The number of benzene rings is 1. The van der Waals surface area contributed by atoms with Gasteiger partial charge in [-0.15, -0.1) is 0 Å². The first kappa shape index (κ1) is 25.1. The maximum absolute atomic E-state index is 12.1. The minimum atomic E-state index is -3.43. The molecule has 0 bridgehead atoms. The minimum absolute atomic E-state index is 0.398. The van der Waals surface area contributed by atoms with Gasteiger partial charge < -0.3 is 15.2 Å². The number of hydrogen-bond donors (Lipinski definition) is 2. The Bertz CT molecular complexity index is 1490. The zero-order valence-electron chi connectivity index (χ0n) is 21.3. The first-order chi connectivity index (χ1) is 17.8. The van der Waals surface area contributed by atoms with Crippen LogP contribution in [0, 0.1) is 0 Å². The average Bonchev–Trinajstić information content (AvgIpc) is 3.26. The summed E-state index contributed by atoms with van der Waals surface area (Å²) in [6, 6.07) is 14.5. The topological polar surface area (TPSA) is 108 Å². The number of nitrogens with one attached hydrogen (secondary N) is 2. The number of piperazine rings is 1. The van der Waals surface area contributed by atoms with Crippen molar-refractivity contribution < 1.29 is 8.42 Å². The van der Waals surface area contributed by atoms with Crippen LogP contribution >= 0.6 is 0 Å². The Hall–Kier alpha value is -3.54. The smallest absolute Gasteiger partial charge is 0.233 e. The van der Waals surface area contributed by atoms with Crippen LogP contribution < -0.4 is 14.9 Å². The molecule has 0 aliphatic carbocycles. The largest absolute Gasteiger partial charge is 0.328 e. The number of pyridine rings is 1. The molecule has 1 aliphatic heterocycles. The molecule has 194 valence electrons. The van der Waals surface area contributed by atoms with Crippen molar-refractivity contribution in [3.8, 4) is 0 Å². The number of hydrogen-bond acceptors (Lipinski definition) is 8. The van der Waals surface area contributed by atoms with Crippen molar-refractivity contribution in [3.63, 3.8) is 0 Å². The number of rotatable bonds is 8. The highest BCUT2D eigenvalue weighted by atomic mass is 32.2. The van der Waals surface area contributed by atoms with E-state index >= 15 is 0 Å². The van der Waals surface area contributed by atoms with Crippen LogP contribution in [0.15, 0.2) is 61.1 Å². The van der Waals surface area contributed by atoms with E-state index in [-0.39, 0.29) is 0 Å². The molecule has 3 aromatic heterocycles. The predicted octanol–water partition coefficient (Wildman–Crippen LogP) is 2.81. The lowest BCUT2D eigenvalue weighted by Crippen LogP contribution is -2.48. The molecule has 2 N–H and O–H groups in total. The standard InChI is InChI=1S/C26H32N8O2S/c1-19-16-33(14-12-27-19)17-20-6-8-23(9-7-20)30-26-29-15-21-10-13-34(25(21)31-26)18-22-5-4-11-28-24(22)32(2)37(3,35)36/h4-11,13,15,19,27H,12,14,16-18H2,1-3H3,(H,29,30,31). The van der Waals surface area contributed by atoms with Crippen molar-refractivity contribution in [3.05, 3.63) is 72.2 Å². The molecular weight excluding hydrogens is 488 g/mol. The van der Waals surface area contributed by atoms with Crippen molar-refractivity contribution in [1.29, 1.82) is 0 Å². The van der Waals surface area contributed by atoms with E-state index in [9.17, 15) is 8.42 Å². The van der Waals surface area contributed by atoms with Gasteiger partial charge in [0.15, 0.2) is 0 Å². The SMILES string of the molecule is CC1CN(Cc2ccc(Nc3ncc4ccn(Cc5cccnc5N(C)S(C)(=O)=O)c4n3)cc2)CCN1. The fraction of sp³-hybridized carbons (Fsp3) is 0.346. The molecule has 1 aliphatic rings. The van der Waals surface area contributed by atoms with Gasteiger partial charge in [0.05, 0.1) is 12.8 Å². The Labute approximate surface area is 217 Å². The van der Waals surface area contributed by atoms with Crippen molar-refractivity contribution in [1.82, 2.24) is 29.7 Å². The number of anilines is 3. The van der Waals surface area contributed by atoms with Crippen LogP contribution in [0.25, 0.3) is 11.0 Å². The molecule has 1 aromatic carbocycles. The van der Waals surface area contributed by atoms with Gasteiger partial charge in [-0.05, 0) is 36.8 Å². The van der Waals surface area contributed by atoms with E-state index in [0.717, 1.165) is 48.5 Å². The second-order valence-corrected chi connectivity index (χ2v) is 11.6. The fourth-order valence-corrected chi connectivity index (χ4v) is 5.05. The van der Waals surface area contributed by atoms with Crippen LogP contribution in [-0.2, 0) is 23.1 Å². The molecule has 4 heterocycles. The summed E-state index contributed by atoms with van der Waals surface area (Å²) in [6.07, 6.45) is 6.47. The summed E-state index contributed by atoms with van der Waals surface area (Å²) in [5.41, 5.74) is 3.71. The lowest BCUT2D eigenvalue weighted by Gasteiger charge is -2.31. The molecule has 0 saturated carbocycles. The second kappa shape index (κ2) is 10.4. The highest BCUT2D eigenvalue weighted by Crippen LogP contribution is 2.23. The average molecular weight is 521 g/mol. The van der Waals surface area contributed by atoms with Crippen molar-refractivity contribution in [2.75, 3.05) is 42.6 Å². The third-order valence-corrected chi connectivity index (χ3v) is 7.74. The zero-order valence-corrected chi connectivity index (χ0v) is 22.1. The lowest BCUT2D eigenvalue weighted by atomic mass is 10.1. The Morgan fingerprint density at radius 1 is 1.14 bits per heavy atom. The molecule has 1 unspecified atom stereocenters. The molecule has 5 rings (SSSR count). The first-order valence-corrected chi connectivity index (χ1v) is 14.1. The number of sulfonamides is 1. The second-order valence-electron chi connectivity index (χ2n) is 9.55. The minimum Gasteiger partial charge on any atom is -0.328 e. The summed E-state index contributed by atoms with van der Waals surface area (Å²) < 4.78 is 27.4. The van der Waals surface area contributed by atoms with Gasteiger partial charge in [0, 0.05) is 74.5 Å². The molecule has 4 aromatic rings. The van der Waals surface area contributed by atoms with Gasteiger partial charge in [0.2, 0.25) is 16.0 Å². The molecule has 10 nitrogen and oxygen atoms in total. The summed E-state index contributed by atoms with van der Waals surface area (Å²) in [6.45, 7) is 6.71. The maximum Gasteiger partial charge on any atom is 0.233 e. The fourth-order valence-electron chi connectivity index (χ4n) is 4.57. The highest BCUT2D eigenvalue weighted by Gasteiger charge is 2.18. The predicted molar refractivity (Wildman–Crippen MR) is 147 cm³/mol. The number of aromatic nitrogens is 4. The van der Waals surface area contributed by atoms with E-state index in [0.29, 0.717) is 24.4 Å². The summed E-state index contributed by atoms with van der Waals surface area (Å²) in [5, 5.41) is 7.68. The van der Waals surface area contributed by atoms with E-state index < -0.39 is 10.0 Å². The molecule has 1 atom stereocenters. The Kier molecular flexibility index (Phi) is 7.09. The van der Waals surface area contributed by atoms with Crippen LogP contribution in [0.1, 0.15) is 18.1 Å². The maximum atomic E-state index is 12.1. The number of nitrogens with zero attached hydrogens (tertiary/aromatic N) is 6. The van der Waals surface area contributed by atoms with Gasteiger partial charge in [-0.25, -0.2) is 18.4 Å². The third-order valence-electron chi connectivity index (χ3n) is 6.58. The van der Waals surface area contributed by atoms with Crippen LogP contribution in [0.2, 0.25) is 0 Å². The van der Waals surface area contributed by atoms with Crippen molar-refractivity contribution >= 4 is 38.5 Å². The molecule has 1 fully saturated rings. The van der Waals surface area contributed by atoms with Gasteiger partial charge in [0.1, 0.15) is 11.5 Å². The quantitative estimate of drug-likeness (QED) is 0.365. The highest BCUT2D eigenvalue weighted by molar-refractivity contribution is 7.92. The lowest BCUT2D eigenvalue weighted by molar-refractivity contribution is 0.199. The molecule has 0 amide bonds. The first-order valence-electron chi connectivity index (χ1n) is 12.3. The molecule has 0 radical (unpaired) electrons. The molecule has 37 heavy (non-hydrogen) atoms. The van der Waals surface area contributed by atoms with Gasteiger partial charge in [0.25, 0.3) is 0 Å². The monoisotopic (exact) mass is 520 g/mol. The van der Waals surface area contributed by atoms with Crippen LogP contribution in [0.3, 0.4) is 0 Å². The molecule has 1 saturated heterocycles. The Morgan fingerprint density at radius 2 is 1.95 bits per heavy atom. The molecule has 11 heteroatoms. The van der Waals surface area contributed by atoms with E-state index in [1.165, 1.54) is 23.2 Å². The summed E-state index contributed by atoms with van der Waals surface area (Å²) in [4.78, 5) is 16.0. The summed E-state index contributed by atoms with van der Waals surface area (Å²) >= 11 is 0. The van der Waals surface area contributed by atoms with E-state index in [1.54, 1.807) is 18.5 Å². The van der Waals surface area contributed by atoms with E-state index in [4.69, 9.17) is 4.98 Å². The van der Waals surface area contributed by atoms with Crippen LogP contribution in [-0.4, -0.2) is 71.8 Å². The van der Waals surface area contributed by atoms with Crippen molar-refractivity contribution in [2.24, 2.45) is 0 Å². The van der Waals surface area contributed by atoms with Gasteiger partial charge in [-0.3, -0.25) is 9.21 Å². The van der Waals surface area contributed by atoms with E-state index in [1.807, 2.05) is 22.9 Å².